The summed E-state index contributed by atoms with van der Waals surface area (Å²) in [5.41, 5.74) is 6.77. The fraction of sp³-hybridized carbons (Fsp3) is 0.600. The van der Waals surface area contributed by atoms with Gasteiger partial charge in [-0.1, -0.05) is 19.1 Å². The maximum Gasteiger partial charge on any atom is 0.165 e. The quantitative estimate of drug-likeness (QED) is 0.701. The highest BCUT2D eigenvalue weighted by Gasteiger charge is 2.12. The van der Waals surface area contributed by atoms with E-state index in [1.54, 1.807) is 13.2 Å². The minimum absolute atomic E-state index is 0.0395. The molecule has 0 amide bonds. The minimum Gasteiger partial charge on any atom is -0.490 e. The van der Waals surface area contributed by atoms with Crippen molar-refractivity contribution in [1.29, 1.82) is 0 Å². The summed E-state index contributed by atoms with van der Waals surface area (Å²) in [4.78, 5) is 0. The molecule has 0 saturated heterocycles. The molecule has 0 fully saturated rings. The average molecular weight is 269 g/mol. The molecule has 0 spiro atoms. The molecule has 19 heavy (non-hydrogen) atoms. The molecule has 0 saturated carbocycles. The second-order valence-electron chi connectivity index (χ2n) is 4.65. The predicted molar refractivity (Wildman–Crippen MR) is 75.0 cm³/mol. The largest absolute Gasteiger partial charge is 0.490 e. The highest BCUT2D eigenvalue weighted by molar-refractivity contribution is 5.35. The van der Waals surface area contributed by atoms with Crippen molar-refractivity contribution >= 4 is 0 Å². The van der Waals surface area contributed by atoms with Gasteiger partial charge in [0, 0.05) is 19.8 Å². The Bertz CT molecular complexity index is 371. The topological polar surface area (TPSA) is 44.5 Å². The highest BCUT2D eigenvalue weighted by atomic mass is 19.1. The Hall–Kier alpha value is -1.13. The van der Waals surface area contributed by atoms with Gasteiger partial charge in [0.2, 0.25) is 0 Å². The summed E-state index contributed by atoms with van der Waals surface area (Å²) in [6.45, 7) is 3.22. The first-order chi connectivity index (χ1) is 9.19. The first kappa shape index (κ1) is 15.9. The van der Waals surface area contributed by atoms with Gasteiger partial charge in [-0.15, -0.1) is 0 Å². The zero-order valence-electron chi connectivity index (χ0n) is 11.8. The van der Waals surface area contributed by atoms with E-state index in [4.69, 9.17) is 15.2 Å². The molecular formula is C15H24FNO2. The van der Waals surface area contributed by atoms with Crippen LogP contribution in [0, 0.1) is 5.82 Å². The molecule has 3 nitrogen and oxygen atoms in total. The molecule has 1 rings (SSSR count). The predicted octanol–water partition coefficient (Wildman–Crippen LogP) is 2.91. The first-order valence-electron chi connectivity index (χ1n) is 6.83. The molecule has 1 atom stereocenters. The number of halogens is 1. The summed E-state index contributed by atoms with van der Waals surface area (Å²) in [7, 11) is 1.67. The third kappa shape index (κ3) is 5.57. The van der Waals surface area contributed by atoms with E-state index >= 15 is 0 Å². The second-order valence-corrected chi connectivity index (χ2v) is 4.65. The van der Waals surface area contributed by atoms with Crippen molar-refractivity contribution in [1.82, 2.24) is 0 Å². The van der Waals surface area contributed by atoms with Gasteiger partial charge in [0.15, 0.2) is 11.6 Å². The summed E-state index contributed by atoms with van der Waals surface area (Å²) in [6, 6.07) is 5.04. The zero-order valence-corrected chi connectivity index (χ0v) is 11.8. The van der Waals surface area contributed by atoms with E-state index in [2.05, 4.69) is 0 Å². The van der Waals surface area contributed by atoms with Crippen LogP contribution in [-0.4, -0.2) is 26.4 Å². The number of ether oxygens (including phenoxy) is 2. The van der Waals surface area contributed by atoms with Crippen LogP contribution < -0.4 is 10.5 Å². The standard InChI is InChI=1S/C15H24FNO2/c1-3-13(17)11-12-7-6-8-14(16)15(12)19-10-5-4-9-18-2/h6-8,13H,3-5,9-11,17H2,1-2H3. The van der Waals surface area contributed by atoms with Crippen molar-refractivity contribution in [3.05, 3.63) is 29.6 Å². The Kier molecular flexibility index (Phi) is 7.45. The summed E-state index contributed by atoms with van der Waals surface area (Å²) in [5.74, 6) is 0.0383. The number of hydrogen-bond donors (Lipinski definition) is 1. The van der Waals surface area contributed by atoms with E-state index in [0.717, 1.165) is 24.8 Å². The Balaban J connectivity index is 2.59. The lowest BCUT2D eigenvalue weighted by Crippen LogP contribution is -2.22. The summed E-state index contributed by atoms with van der Waals surface area (Å²) < 4.78 is 24.3. The van der Waals surface area contributed by atoms with Crippen molar-refractivity contribution in [2.45, 2.75) is 38.6 Å². The van der Waals surface area contributed by atoms with Gasteiger partial charge in [-0.2, -0.15) is 0 Å². The number of benzene rings is 1. The van der Waals surface area contributed by atoms with Gasteiger partial charge in [-0.3, -0.25) is 0 Å². The number of para-hydroxylation sites is 1. The van der Waals surface area contributed by atoms with Crippen molar-refractivity contribution in [3.8, 4) is 5.75 Å². The number of rotatable bonds is 9. The van der Waals surface area contributed by atoms with Crippen LogP contribution in [-0.2, 0) is 11.2 Å². The van der Waals surface area contributed by atoms with E-state index in [0.29, 0.717) is 25.4 Å². The van der Waals surface area contributed by atoms with Crippen LogP contribution in [0.3, 0.4) is 0 Å². The summed E-state index contributed by atoms with van der Waals surface area (Å²) in [6.07, 6.45) is 3.27. The molecule has 0 bridgehead atoms. The van der Waals surface area contributed by atoms with E-state index in [1.807, 2.05) is 13.0 Å². The van der Waals surface area contributed by atoms with Crippen LogP contribution in [0.25, 0.3) is 0 Å². The Morgan fingerprint density at radius 3 is 2.68 bits per heavy atom. The van der Waals surface area contributed by atoms with Crippen molar-refractivity contribution in [3.63, 3.8) is 0 Å². The van der Waals surface area contributed by atoms with Gasteiger partial charge in [-0.25, -0.2) is 4.39 Å². The molecule has 0 aliphatic carbocycles. The van der Waals surface area contributed by atoms with E-state index in [9.17, 15) is 4.39 Å². The Morgan fingerprint density at radius 1 is 1.26 bits per heavy atom. The van der Waals surface area contributed by atoms with E-state index in [-0.39, 0.29) is 11.9 Å². The minimum atomic E-state index is -0.312. The molecule has 1 unspecified atom stereocenters. The fourth-order valence-electron chi connectivity index (χ4n) is 1.83. The molecule has 0 heterocycles. The van der Waals surface area contributed by atoms with Gasteiger partial charge < -0.3 is 15.2 Å². The van der Waals surface area contributed by atoms with Crippen molar-refractivity contribution in [2.24, 2.45) is 5.73 Å². The summed E-state index contributed by atoms with van der Waals surface area (Å²) in [5, 5.41) is 0. The molecular weight excluding hydrogens is 245 g/mol. The monoisotopic (exact) mass is 269 g/mol. The molecule has 2 N–H and O–H groups in total. The van der Waals surface area contributed by atoms with E-state index < -0.39 is 0 Å². The van der Waals surface area contributed by atoms with Gasteiger partial charge in [0.25, 0.3) is 0 Å². The molecule has 1 aromatic rings. The van der Waals surface area contributed by atoms with Gasteiger partial charge >= 0.3 is 0 Å². The molecule has 0 aliphatic rings. The molecule has 0 aromatic heterocycles. The SMILES string of the molecule is CCC(N)Cc1cccc(F)c1OCCCCOC. The van der Waals surface area contributed by atoms with Crippen LogP contribution in [0.1, 0.15) is 31.7 Å². The van der Waals surface area contributed by atoms with Crippen LogP contribution in [0.5, 0.6) is 5.75 Å². The van der Waals surface area contributed by atoms with Crippen LogP contribution in [0.4, 0.5) is 4.39 Å². The van der Waals surface area contributed by atoms with Gasteiger partial charge in [-0.05, 0) is 37.3 Å². The Morgan fingerprint density at radius 2 is 2.00 bits per heavy atom. The maximum absolute atomic E-state index is 13.8. The fourth-order valence-corrected chi connectivity index (χ4v) is 1.83. The lowest BCUT2D eigenvalue weighted by atomic mass is 10.0. The maximum atomic E-state index is 13.8. The smallest absolute Gasteiger partial charge is 0.165 e. The highest BCUT2D eigenvalue weighted by Crippen LogP contribution is 2.24. The second kappa shape index (κ2) is 8.88. The molecule has 4 heteroatoms. The Labute approximate surface area is 114 Å². The first-order valence-corrected chi connectivity index (χ1v) is 6.83. The molecule has 1 aromatic carbocycles. The summed E-state index contributed by atoms with van der Waals surface area (Å²) >= 11 is 0. The number of unbranched alkanes of at least 4 members (excludes halogenated alkanes) is 1. The van der Waals surface area contributed by atoms with Gasteiger partial charge in [0.1, 0.15) is 0 Å². The van der Waals surface area contributed by atoms with Crippen LogP contribution >= 0.6 is 0 Å². The third-order valence-electron chi connectivity index (χ3n) is 3.04. The number of nitrogens with two attached hydrogens (primary N) is 1. The third-order valence-corrected chi connectivity index (χ3v) is 3.04. The van der Waals surface area contributed by atoms with Crippen molar-refractivity contribution in [2.75, 3.05) is 20.3 Å². The molecule has 0 radical (unpaired) electrons. The lowest BCUT2D eigenvalue weighted by molar-refractivity contribution is 0.183. The molecule has 108 valence electrons. The van der Waals surface area contributed by atoms with Crippen molar-refractivity contribution < 1.29 is 13.9 Å². The number of methoxy groups -OCH3 is 1. The normalized spacial score (nSPS) is 12.4. The van der Waals surface area contributed by atoms with Gasteiger partial charge in [0.05, 0.1) is 6.61 Å². The average Bonchev–Trinajstić information content (AvgIpc) is 2.41. The van der Waals surface area contributed by atoms with Crippen LogP contribution in [0.15, 0.2) is 18.2 Å². The van der Waals surface area contributed by atoms with Crippen LogP contribution in [0.2, 0.25) is 0 Å². The number of hydrogen-bond acceptors (Lipinski definition) is 3. The van der Waals surface area contributed by atoms with E-state index in [1.165, 1.54) is 6.07 Å². The molecule has 0 aliphatic heterocycles. The lowest BCUT2D eigenvalue weighted by Gasteiger charge is -2.15. The zero-order chi connectivity index (χ0) is 14.1.